The van der Waals surface area contributed by atoms with Crippen LogP contribution in [0, 0.1) is 0 Å². The van der Waals surface area contributed by atoms with E-state index in [9.17, 15) is 4.79 Å². The first-order chi connectivity index (χ1) is 10.7. The van der Waals surface area contributed by atoms with Gasteiger partial charge >= 0.3 is 0 Å². The number of rotatable bonds is 5. The molecule has 0 aromatic carbocycles. The zero-order valence-corrected chi connectivity index (χ0v) is 13.0. The molecule has 3 rings (SSSR count). The molecule has 1 aliphatic rings. The van der Waals surface area contributed by atoms with Crippen molar-refractivity contribution in [2.24, 2.45) is 0 Å². The van der Waals surface area contributed by atoms with E-state index in [1.165, 1.54) is 0 Å². The fourth-order valence-corrected chi connectivity index (χ4v) is 2.95. The van der Waals surface area contributed by atoms with E-state index in [4.69, 9.17) is 0 Å². The van der Waals surface area contributed by atoms with Gasteiger partial charge in [-0.3, -0.25) is 9.69 Å². The molecule has 0 unspecified atom stereocenters. The summed E-state index contributed by atoms with van der Waals surface area (Å²) in [5, 5.41) is 0. The third-order valence-electron chi connectivity index (χ3n) is 4.31. The number of aromatic nitrogens is 3. The SMILES string of the molecule is CN1CCN(C(=O)CCCn2cccc2)C[C@H]1c1ncc[nH]1. The van der Waals surface area contributed by atoms with Crippen molar-refractivity contribution in [1.82, 2.24) is 24.3 Å². The van der Waals surface area contributed by atoms with Crippen molar-refractivity contribution in [3.05, 3.63) is 42.7 Å². The van der Waals surface area contributed by atoms with Crippen LogP contribution in [0.3, 0.4) is 0 Å². The summed E-state index contributed by atoms with van der Waals surface area (Å²) in [6.07, 6.45) is 9.15. The van der Waals surface area contributed by atoms with Gasteiger partial charge in [0, 0.05) is 57.4 Å². The second-order valence-corrected chi connectivity index (χ2v) is 5.83. The van der Waals surface area contributed by atoms with Crippen LogP contribution < -0.4 is 0 Å². The maximum absolute atomic E-state index is 12.4. The molecule has 2 aromatic heterocycles. The van der Waals surface area contributed by atoms with Crippen LogP contribution in [0.2, 0.25) is 0 Å². The zero-order valence-electron chi connectivity index (χ0n) is 13.0. The van der Waals surface area contributed by atoms with Crippen LogP contribution in [0.15, 0.2) is 36.9 Å². The monoisotopic (exact) mass is 301 g/mol. The largest absolute Gasteiger partial charge is 0.354 e. The quantitative estimate of drug-likeness (QED) is 0.910. The van der Waals surface area contributed by atoms with Crippen molar-refractivity contribution in [3.8, 4) is 0 Å². The number of hydrogen-bond donors (Lipinski definition) is 1. The highest BCUT2D eigenvalue weighted by molar-refractivity contribution is 5.76. The van der Waals surface area contributed by atoms with Crippen LogP contribution in [0.5, 0.6) is 0 Å². The maximum atomic E-state index is 12.4. The number of likely N-dealkylation sites (N-methyl/N-ethyl adjacent to an activating group) is 1. The Balaban J connectivity index is 1.52. The molecule has 22 heavy (non-hydrogen) atoms. The zero-order chi connectivity index (χ0) is 15.4. The maximum Gasteiger partial charge on any atom is 0.222 e. The van der Waals surface area contributed by atoms with Crippen molar-refractivity contribution in [2.75, 3.05) is 26.7 Å². The molecule has 118 valence electrons. The number of imidazole rings is 1. The van der Waals surface area contributed by atoms with Gasteiger partial charge in [0.15, 0.2) is 0 Å². The first kappa shape index (κ1) is 14.8. The van der Waals surface area contributed by atoms with Gasteiger partial charge < -0.3 is 14.5 Å². The number of amides is 1. The van der Waals surface area contributed by atoms with E-state index < -0.39 is 0 Å². The van der Waals surface area contributed by atoms with Crippen LogP contribution in [-0.4, -0.2) is 56.9 Å². The normalized spacial score (nSPS) is 19.5. The fraction of sp³-hybridized carbons (Fsp3) is 0.500. The topological polar surface area (TPSA) is 57.2 Å². The standard InChI is InChI=1S/C16H23N5O/c1-19-11-12-21(13-14(19)16-17-6-7-18-16)15(22)5-4-10-20-8-2-3-9-20/h2-3,6-9,14H,4-5,10-13H2,1H3,(H,17,18)/t14-/m0/s1. The lowest BCUT2D eigenvalue weighted by molar-refractivity contribution is -0.134. The van der Waals surface area contributed by atoms with Gasteiger partial charge in [-0.25, -0.2) is 4.98 Å². The predicted octanol–water partition coefficient (Wildman–Crippen LogP) is 1.51. The molecular weight excluding hydrogens is 278 g/mol. The van der Waals surface area contributed by atoms with E-state index in [0.717, 1.165) is 31.9 Å². The Labute approximate surface area is 130 Å². The molecule has 6 nitrogen and oxygen atoms in total. The van der Waals surface area contributed by atoms with Gasteiger partial charge in [0.2, 0.25) is 5.91 Å². The number of carbonyl (C=O) groups is 1. The summed E-state index contributed by atoms with van der Waals surface area (Å²) in [6, 6.07) is 4.18. The lowest BCUT2D eigenvalue weighted by Gasteiger charge is -2.38. The van der Waals surface area contributed by atoms with E-state index >= 15 is 0 Å². The number of aryl methyl sites for hydroxylation is 1. The molecule has 1 aliphatic heterocycles. The average molecular weight is 301 g/mol. The minimum Gasteiger partial charge on any atom is -0.354 e. The Bertz CT molecular complexity index is 578. The number of nitrogens with one attached hydrogen (secondary N) is 1. The van der Waals surface area contributed by atoms with Crippen molar-refractivity contribution in [2.45, 2.75) is 25.4 Å². The van der Waals surface area contributed by atoms with E-state index in [1.807, 2.05) is 35.6 Å². The molecule has 1 fully saturated rings. The Morgan fingerprint density at radius 2 is 2.18 bits per heavy atom. The van der Waals surface area contributed by atoms with Gasteiger partial charge in [-0.1, -0.05) is 0 Å². The van der Waals surface area contributed by atoms with Crippen LogP contribution >= 0.6 is 0 Å². The van der Waals surface area contributed by atoms with Crippen molar-refractivity contribution in [1.29, 1.82) is 0 Å². The second kappa shape index (κ2) is 6.79. The first-order valence-corrected chi connectivity index (χ1v) is 7.82. The molecule has 1 amide bonds. The second-order valence-electron chi connectivity index (χ2n) is 5.83. The molecule has 1 atom stereocenters. The first-order valence-electron chi connectivity index (χ1n) is 7.82. The molecule has 3 heterocycles. The lowest BCUT2D eigenvalue weighted by Crippen LogP contribution is -2.49. The summed E-state index contributed by atoms with van der Waals surface area (Å²) in [5.41, 5.74) is 0. The molecule has 0 radical (unpaired) electrons. The average Bonchev–Trinajstić information content (AvgIpc) is 3.21. The molecule has 0 saturated carbocycles. The molecule has 6 heteroatoms. The van der Waals surface area contributed by atoms with Crippen molar-refractivity contribution in [3.63, 3.8) is 0 Å². The van der Waals surface area contributed by atoms with Crippen LogP contribution in [0.1, 0.15) is 24.7 Å². The summed E-state index contributed by atoms with van der Waals surface area (Å²) < 4.78 is 2.11. The van der Waals surface area contributed by atoms with Gasteiger partial charge in [0.25, 0.3) is 0 Å². The van der Waals surface area contributed by atoms with E-state index in [2.05, 4.69) is 26.5 Å². The molecule has 0 spiro atoms. The number of hydrogen-bond acceptors (Lipinski definition) is 3. The van der Waals surface area contributed by atoms with E-state index in [-0.39, 0.29) is 11.9 Å². The predicted molar refractivity (Wildman–Crippen MR) is 84.2 cm³/mol. The van der Waals surface area contributed by atoms with Crippen LogP contribution in [-0.2, 0) is 11.3 Å². The molecule has 2 aromatic rings. The lowest BCUT2D eigenvalue weighted by atomic mass is 10.1. The number of H-pyrrole nitrogens is 1. The van der Waals surface area contributed by atoms with Gasteiger partial charge in [-0.05, 0) is 25.6 Å². The van der Waals surface area contributed by atoms with Gasteiger partial charge in [0.1, 0.15) is 5.82 Å². The number of aromatic amines is 1. The number of piperazine rings is 1. The Hall–Kier alpha value is -2.08. The minimum absolute atomic E-state index is 0.164. The third-order valence-corrected chi connectivity index (χ3v) is 4.31. The summed E-state index contributed by atoms with van der Waals surface area (Å²) in [5.74, 6) is 1.18. The molecule has 1 N–H and O–H groups in total. The Morgan fingerprint density at radius 3 is 2.91 bits per heavy atom. The minimum atomic E-state index is 0.164. The number of nitrogens with zero attached hydrogens (tertiary/aromatic N) is 4. The Morgan fingerprint density at radius 1 is 1.36 bits per heavy atom. The highest BCUT2D eigenvalue weighted by Gasteiger charge is 2.29. The highest BCUT2D eigenvalue weighted by atomic mass is 16.2. The van der Waals surface area contributed by atoms with Gasteiger partial charge in [-0.2, -0.15) is 0 Å². The third kappa shape index (κ3) is 3.39. The van der Waals surface area contributed by atoms with Crippen molar-refractivity contribution >= 4 is 5.91 Å². The van der Waals surface area contributed by atoms with Gasteiger partial charge in [0.05, 0.1) is 6.04 Å². The fourth-order valence-electron chi connectivity index (χ4n) is 2.95. The van der Waals surface area contributed by atoms with Crippen molar-refractivity contribution < 1.29 is 4.79 Å². The summed E-state index contributed by atoms with van der Waals surface area (Å²) in [4.78, 5) is 24.1. The number of carbonyl (C=O) groups excluding carboxylic acids is 1. The molecule has 0 bridgehead atoms. The molecule has 1 saturated heterocycles. The smallest absolute Gasteiger partial charge is 0.222 e. The molecule has 0 aliphatic carbocycles. The van der Waals surface area contributed by atoms with Crippen LogP contribution in [0.25, 0.3) is 0 Å². The highest BCUT2D eigenvalue weighted by Crippen LogP contribution is 2.21. The summed E-state index contributed by atoms with van der Waals surface area (Å²) >= 11 is 0. The van der Waals surface area contributed by atoms with E-state index in [1.54, 1.807) is 6.20 Å². The van der Waals surface area contributed by atoms with Crippen LogP contribution in [0.4, 0.5) is 0 Å². The molecular formula is C16H23N5O. The van der Waals surface area contributed by atoms with Gasteiger partial charge in [-0.15, -0.1) is 0 Å². The summed E-state index contributed by atoms with van der Waals surface area (Å²) in [7, 11) is 2.08. The van der Waals surface area contributed by atoms with E-state index in [0.29, 0.717) is 13.0 Å². The summed E-state index contributed by atoms with van der Waals surface area (Å²) in [6.45, 7) is 3.30. The Kier molecular flexibility index (Phi) is 4.58.